The zero-order chi connectivity index (χ0) is 8.10. The highest BCUT2D eigenvalue weighted by atomic mass is 28.2. The van der Waals surface area contributed by atoms with E-state index in [-0.39, 0.29) is 0 Å². The van der Waals surface area contributed by atoms with E-state index in [2.05, 4.69) is 0 Å². The van der Waals surface area contributed by atoms with Gasteiger partial charge in [0.1, 0.15) is 0 Å². The molecule has 0 atom stereocenters. The second-order valence-corrected chi connectivity index (χ2v) is 4.31. The van der Waals surface area contributed by atoms with Crippen LogP contribution in [0.2, 0.25) is 0 Å². The minimum Gasteiger partial charge on any atom is -0.430 e. The highest BCUT2D eigenvalue weighted by Crippen LogP contribution is 1.97. The van der Waals surface area contributed by atoms with E-state index in [1.165, 1.54) is 5.56 Å². The lowest BCUT2D eigenvalue weighted by atomic mass is 10.2. The Kier molecular flexibility index (Phi) is 3.35. The predicted molar refractivity (Wildman–Crippen MR) is 48.9 cm³/mol. The van der Waals surface area contributed by atoms with Crippen LogP contribution in [-0.2, 0) is 6.04 Å². The molecule has 4 heteroatoms. The van der Waals surface area contributed by atoms with Gasteiger partial charge in [0.15, 0.2) is 0 Å². The fraction of sp³-hybridized carbons (Fsp3) is 0.143. The van der Waals surface area contributed by atoms with Crippen LogP contribution in [-0.4, -0.2) is 26.1 Å². The molecule has 0 saturated heterocycles. The van der Waals surface area contributed by atoms with E-state index in [4.69, 9.17) is 10.0 Å². The first-order valence-corrected chi connectivity index (χ1v) is 5.51. The molecule has 2 nitrogen and oxygen atoms in total. The number of rotatable bonds is 3. The molecule has 0 aliphatic heterocycles. The summed E-state index contributed by atoms with van der Waals surface area (Å²) >= 11 is 0. The summed E-state index contributed by atoms with van der Waals surface area (Å²) in [5.41, 5.74) is 1.20. The Morgan fingerprint density at radius 1 is 1.18 bits per heavy atom. The first-order valence-electron chi connectivity index (χ1n) is 3.69. The van der Waals surface area contributed by atoms with Crippen LogP contribution in [0.1, 0.15) is 5.56 Å². The average molecular weight is 166 g/mol. The molecule has 1 rings (SSSR count). The van der Waals surface area contributed by atoms with Crippen molar-refractivity contribution in [3.05, 3.63) is 35.9 Å². The molecule has 0 aliphatic carbocycles. The third kappa shape index (κ3) is 3.36. The van der Waals surface area contributed by atoms with Crippen LogP contribution in [0.15, 0.2) is 30.3 Å². The van der Waals surface area contributed by atoms with Crippen molar-refractivity contribution in [3.63, 3.8) is 0 Å². The Labute approximate surface area is 68.8 Å². The van der Waals surface area contributed by atoms with Gasteiger partial charge in [-0.3, -0.25) is 0 Å². The second kappa shape index (κ2) is 4.33. The SMILES string of the molecule is OB(O)[SiH2]Cc1ccccc1. The molecule has 0 fully saturated rings. The molecule has 1 aromatic carbocycles. The van der Waals surface area contributed by atoms with E-state index in [0.29, 0.717) is 0 Å². The summed E-state index contributed by atoms with van der Waals surface area (Å²) in [7, 11) is -0.741. The largest absolute Gasteiger partial charge is 0.430 e. The molecule has 0 amide bonds. The van der Waals surface area contributed by atoms with Crippen LogP contribution in [0.3, 0.4) is 0 Å². The Morgan fingerprint density at radius 2 is 1.82 bits per heavy atom. The molecular formula is C7H11BO2Si. The van der Waals surface area contributed by atoms with Gasteiger partial charge >= 0.3 is 6.71 Å². The Balaban J connectivity index is 2.39. The maximum atomic E-state index is 8.63. The van der Waals surface area contributed by atoms with Crippen molar-refractivity contribution >= 4 is 16.1 Å². The van der Waals surface area contributed by atoms with Crippen LogP contribution >= 0.6 is 0 Å². The first-order chi connectivity index (χ1) is 5.29. The monoisotopic (exact) mass is 166 g/mol. The zero-order valence-electron chi connectivity index (χ0n) is 6.27. The minimum atomic E-state index is -1.05. The van der Waals surface area contributed by atoms with Crippen molar-refractivity contribution in [2.75, 3.05) is 0 Å². The number of hydrogen-bond donors (Lipinski definition) is 2. The number of hydrogen-bond acceptors (Lipinski definition) is 2. The topological polar surface area (TPSA) is 40.5 Å². The van der Waals surface area contributed by atoms with E-state index in [0.717, 1.165) is 6.04 Å². The summed E-state index contributed by atoms with van der Waals surface area (Å²) in [6.07, 6.45) is 0. The molecule has 0 bridgehead atoms. The summed E-state index contributed by atoms with van der Waals surface area (Å²) in [6.45, 7) is -1.05. The van der Waals surface area contributed by atoms with Crippen LogP contribution in [0, 0.1) is 0 Å². The van der Waals surface area contributed by atoms with E-state index in [9.17, 15) is 0 Å². The standard InChI is InChI=1S/C7H11BO2Si/c9-8(10)11-6-7-4-2-1-3-5-7/h1-5,9-10H,6,11H2. The maximum Gasteiger partial charge on any atom is 0.419 e. The molecule has 1 aromatic rings. The zero-order valence-corrected chi connectivity index (χ0v) is 7.69. The van der Waals surface area contributed by atoms with E-state index in [1.807, 2.05) is 30.3 Å². The molecule has 0 aromatic heterocycles. The van der Waals surface area contributed by atoms with E-state index >= 15 is 0 Å². The summed E-state index contributed by atoms with van der Waals surface area (Å²) < 4.78 is 0. The van der Waals surface area contributed by atoms with Gasteiger partial charge in [0.25, 0.3) is 0 Å². The molecule has 0 aliphatic rings. The van der Waals surface area contributed by atoms with Crippen molar-refractivity contribution < 1.29 is 10.0 Å². The van der Waals surface area contributed by atoms with Gasteiger partial charge in [-0.1, -0.05) is 35.9 Å². The van der Waals surface area contributed by atoms with Gasteiger partial charge in [-0.25, -0.2) is 0 Å². The van der Waals surface area contributed by atoms with Crippen molar-refractivity contribution in [1.29, 1.82) is 0 Å². The van der Waals surface area contributed by atoms with Crippen molar-refractivity contribution in [3.8, 4) is 0 Å². The quantitative estimate of drug-likeness (QED) is 0.584. The predicted octanol–water partition coefficient (Wildman–Crippen LogP) is -0.675. The lowest BCUT2D eigenvalue weighted by Crippen LogP contribution is -2.23. The third-order valence-electron chi connectivity index (χ3n) is 1.53. The van der Waals surface area contributed by atoms with Crippen LogP contribution in [0.5, 0.6) is 0 Å². The van der Waals surface area contributed by atoms with Crippen molar-refractivity contribution in [1.82, 2.24) is 0 Å². The molecule has 2 N–H and O–H groups in total. The number of benzene rings is 1. The lowest BCUT2D eigenvalue weighted by Gasteiger charge is -1.97. The fourth-order valence-electron chi connectivity index (χ4n) is 0.940. The molecule has 11 heavy (non-hydrogen) atoms. The van der Waals surface area contributed by atoms with E-state index < -0.39 is 16.1 Å². The van der Waals surface area contributed by atoms with Crippen LogP contribution in [0.4, 0.5) is 0 Å². The third-order valence-corrected chi connectivity index (χ3v) is 2.92. The van der Waals surface area contributed by atoms with Gasteiger partial charge in [0.05, 0.1) is 9.39 Å². The highest BCUT2D eigenvalue weighted by molar-refractivity contribution is 7.04. The van der Waals surface area contributed by atoms with Gasteiger partial charge in [-0.2, -0.15) is 0 Å². The lowest BCUT2D eigenvalue weighted by molar-refractivity contribution is 0.433. The highest BCUT2D eigenvalue weighted by Gasteiger charge is 2.05. The molecule has 0 unspecified atom stereocenters. The summed E-state index contributed by atoms with van der Waals surface area (Å²) in [6, 6.07) is 10.8. The summed E-state index contributed by atoms with van der Waals surface area (Å²) in [5, 5.41) is 17.3. The van der Waals surface area contributed by atoms with E-state index in [1.54, 1.807) is 0 Å². The average Bonchev–Trinajstić information content (AvgIpc) is 2.03. The van der Waals surface area contributed by atoms with Gasteiger partial charge in [-0.05, 0) is 6.04 Å². The van der Waals surface area contributed by atoms with Gasteiger partial charge in [0, 0.05) is 0 Å². The van der Waals surface area contributed by atoms with Crippen LogP contribution < -0.4 is 0 Å². The molecule has 58 valence electrons. The first kappa shape index (κ1) is 8.52. The van der Waals surface area contributed by atoms with Gasteiger partial charge in [-0.15, -0.1) is 0 Å². The minimum absolute atomic E-state index is 0.741. The fourth-order valence-corrected chi connectivity index (χ4v) is 1.87. The smallest absolute Gasteiger partial charge is 0.419 e. The molecule has 0 saturated carbocycles. The second-order valence-electron chi connectivity index (χ2n) is 2.50. The normalized spacial score (nSPS) is 10.7. The van der Waals surface area contributed by atoms with Crippen LogP contribution in [0.25, 0.3) is 0 Å². The Bertz CT molecular complexity index is 203. The van der Waals surface area contributed by atoms with Gasteiger partial charge in [0.2, 0.25) is 0 Å². The molecular weight excluding hydrogens is 155 g/mol. The summed E-state index contributed by atoms with van der Waals surface area (Å²) in [5.74, 6) is 0. The van der Waals surface area contributed by atoms with Crippen molar-refractivity contribution in [2.24, 2.45) is 0 Å². The van der Waals surface area contributed by atoms with Crippen molar-refractivity contribution in [2.45, 2.75) is 6.04 Å². The summed E-state index contributed by atoms with van der Waals surface area (Å²) in [4.78, 5) is 0. The Hall–Kier alpha value is -0.578. The maximum absolute atomic E-state index is 8.63. The molecule has 0 heterocycles. The molecule has 0 spiro atoms. The van der Waals surface area contributed by atoms with Gasteiger partial charge < -0.3 is 10.0 Å². The molecule has 0 radical (unpaired) electrons. The Morgan fingerprint density at radius 3 is 2.36 bits per heavy atom.